The van der Waals surface area contributed by atoms with Crippen molar-refractivity contribution in [1.82, 2.24) is 15.5 Å². The van der Waals surface area contributed by atoms with E-state index in [4.69, 9.17) is 9.15 Å². The Hall–Kier alpha value is -1.14. The summed E-state index contributed by atoms with van der Waals surface area (Å²) in [6.07, 6.45) is 0.940. The van der Waals surface area contributed by atoms with E-state index >= 15 is 0 Å². The molecule has 1 aromatic rings. The van der Waals surface area contributed by atoms with Gasteiger partial charge in [-0.25, -0.2) is 0 Å². The van der Waals surface area contributed by atoms with Gasteiger partial charge in [0.25, 0.3) is 0 Å². The van der Waals surface area contributed by atoms with Gasteiger partial charge in [-0.05, 0) is 6.42 Å². The number of methoxy groups -OCH3 is 1. The number of nitrogens with one attached hydrogen (secondary N) is 2. The highest BCUT2D eigenvalue weighted by Gasteiger charge is 2.11. The highest BCUT2D eigenvalue weighted by Crippen LogP contribution is 2.08. The molecule has 1 rings (SSSR count). The standard InChI is InChI=1S/C11H22N4O2/c1-5-9(7-16-4)13-11-15-14-10(17-11)6-12-8(2)3/h8-9,12H,5-7H2,1-4H3,(H,13,15). The van der Waals surface area contributed by atoms with Crippen LogP contribution in [0.1, 0.15) is 33.1 Å². The fourth-order valence-corrected chi connectivity index (χ4v) is 1.31. The molecule has 0 amide bonds. The van der Waals surface area contributed by atoms with E-state index in [0.717, 1.165) is 6.42 Å². The molecular formula is C11H22N4O2. The third-order valence-electron chi connectivity index (χ3n) is 2.32. The van der Waals surface area contributed by atoms with Gasteiger partial charge in [-0.15, -0.1) is 5.10 Å². The van der Waals surface area contributed by atoms with Crippen LogP contribution in [0.15, 0.2) is 4.42 Å². The average molecular weight is 242 g/mol. The third-order valence-corrected chi connectivity index (χ3v) is 2.32. The van der Waals surface area contributed by atoms with E-state index in [0.29, 0.717) is 31.1 Å². The monoisotopic (exact) mass is 242 g/mol. The predicted molar refractivity (Wildman–Crippen MR) is 65.9 cm³/mol. The highest BCUT2D eigenvalue weighted by molar-refractivity contribution is 5.19. The van der Waals surface area contributed by atoms with Crippen LogP contribution in [-0.2, 0) is 11.3 Å². The number of nitrogens with zero attached hydrogens (tertiary/aromatic N) is 2. The van der Waals surface area contributed by atoms with Crippen molar-refractivity contribution in [2.45, 2.75) is 45.8 Å². The van der Waals surface area contributed by atoms with Crippen LogP contribution in [0.5, 0.6) is 0 Å². The molecule has 1 heterocycles. The Balaban J connectivity index is 2.44. The first-order valence-corrected chi connectivity index (χ1v) is 5.97. The highest BCUT2D eigenvalue weighted by atomic mass is 16.5. The second kappa shape index (κ2) is 7.24. The summed E-state index contributed by atoms with van der Waals surface area (Å²) in [6.45, 7) is 7.43. The second-order valence-electron chi connectivity index (χ2n) is 4.24. The van der Waals surface area contributed by atoms with Gasteiger partial charge in [0.15, 0.2) is 0 Å². The number of rotatable bonds is 8. The van der Waals surface area contributed by atoms with Crippen LogP contribution in [0.3, 0.4) is 0 Å². The fourth-order valence-electron chi connectivity index (χ4n) is 1.31. The van der Waals surface area contributed by atoms with Crippen molar-refractivity contribution in [1.29, 1.82) is 0 Å². The Kier molecular flexibility index (Phi) is 5.93. The largest absolute Gasteiger partial charge is 0.407 e. The van der Waals surface area contributed by atoms with E-state index in [-0.39, 0.29) is 6.04 Å². The van der Waals surface area contributed by atoms with Crippen LogP contribution in [-0.4, -0.2) is 36.0 Å². The Morgan fingerprint density at radius 2 is 2.12 bits per heavy atom. The van der Waals surface area contributed by atoms with Crippen molar-refractivity contribution in [3.8, 4) is 0 Å². The lowest BCUT2D eigenvalue weighted by Crippen LogP contribution is -2.24. The van der Waals surface area contributed by atoms with Gasteiger partial charge in [-0.3, -0.25) is 0 Å². The molecule has 0 saturated heterocycles. The van der Waals surface area contributed by atoms with E-state index in [1.54, 1.807) is 7.11 Å². The Bertz CT molecular complexity index is 314. The molecule has 0 saturated carbocycles. The van der Waals surface area contributed by atoms with Crippen molar-refractivity contribution in [3.63, 3.8) is 0 Å². The summed E-state index contributed by atoms with van der Waals surface area (Å²) in [4.78, 5) is 0. The van der Waals surface area contributed by atoms with Crippen LogP contribution in [0.2, 0.25) is 0 Å². The lowest BCUT2D eigenvalue weighted by atomic mass is 10.2. The Morgan fingerprint density at radius 1 is 1.35 bits per heavy atom. The van der Waals surface area contributed by atoms with E-state index in [2.05, 4.69) is 41.6 Å². The van der Waals surface area contributed by atoms with E-state index < -0.39 is 0 Å². The van der Waals surface area contributed by atoms with Gasteiger partial charge in [0.1, 0.15) is 0 Å². The maximum Gasteiger partial charge on any atom is 0.315 e. The molecule has 1 aromatic heterocycles. The molecule has 1 atom stereocenters. The van der Waals surface area contributed by atoms with Gasteiger partial charge >= 0.3 is 6.01 Å². The molecule has 98 valence electrons. The van der Waals surface area contributed by atoms with Gasteiger partial charge in [0, 0.05) is 13.2 Å². The summed E-state index contributed by atoms with van der Waals surface area (Å²) >= 11 is 0. The molecule has 1 unspecified atom stereocenters. The SMILES string of the molecule is CCC(COC)Nc1nnc(CNC(C)C)o1. The minimum atomic E-state index is 0.200. The third kappa shape index (κ3) is 5.14. The molecule has 2 N–H and O–H groups in total. The smallest absolute Gasteiger partial charge is 0.315 e. The normalized spacial score (nSPS) is 13.0. The van der Waals surface area contributed by atoms with Gasteiger partial charge in [-0.2, -0.15) is 0 Å². The lowest BCUT2D eigenvalue weighted by Gasteiger charge is -2.13. The minimum absolute atomic E-state index is 0.200. The molecule has 0 aliphatic carbocycles. The van der Waals surface area contributed by atoms with Crippen molar-refractivity contribution < 1.29 is 9.15 Å². The summed E-state index contributed by atoms with van der Waals surface area (Å²) in [5, 5.41) is 14.3. The van der Waals surface area contributed by atoms with E-state index in [1.807, 2.05) is 0 Å². The Morgan fingerprint density at radius 3 is 2.71 bits per heavy atom. The molecule has 0 aromatic carbocycles. The maximum absolute atomic E-state index is 5.46. The Labute approximate surface area is 102 Å². The maximum atomic E-state index is 5.46. The number of aromatic nitrogens is 2. The van der Waals surface area contributed by atoms with Crippen LogP contribution in [0, 0.1) is 0 Å². The summed E-state index contributed by atoms with van der Waals surface area (Å²) in [7, 11) is 1.68. The molecule has 0 spiro atoms. The van der Waals surface area contributed by atoms with Crippen LogP contribution in [0.4, 0.5) is 6.01 Å². The molecule has 0 aliphatic rings. The van der Waals surface area contributed by atoms with E-state index in [9.17, 15) is 0 Å². The summed E-state index contributed by atoms with van der Waals surface area (Å²) in [5.41, 5.74) is 0. The van der Waals surface area contributed by atoms with Gasteiger partial charge in [0.05, 0.1) is 19.2 Å². The van der Waals surface area contributed by atoms with Crippen molar-refractivity contribution in [2.24, 2.45) is 0 Å². The summed E-state index contributed by atoms with van der Waals surface area (Å²) in [6, 6.07) is 1.05. The fraction of sp³-hybridized carbons (Fsp3) is 0.818. The molecule has 0 aliphatic heterocycles. The zero-order valence-corrected chi connectivity index (χ0v) is 11.0. The number of ether oxygens (including phenoxy) is 1. The zero-order chi connectivity index (χ0) is 12.7. The quantitative estimate of drug-likeness (QED) is 0.718. The molecule has 0 radical (unpaired) electrons. The van der Waals surface area contributed by atoms with Crippen molar-refractivity contribution in [3.05, 3.63) is 5.89 Å². The van der Waals surface area contributed by atoms with Crippen LogP contribution < -0.4 is 10.6 Å². The van der Waals surface area contributed by atoms with Gasteiger partial charge in [-0.1, -0.05) is 25.9 Å². The summed E-state index contributed by atoms with van der Waals surface area (Å²) < 4.78 is 10.5. The van der Waals surface area contributed by atoms with Crippen molar-refractivity contribution in [2.75, 3.05) is 19.0 Å². The van der Waals surface area contributed by atoms with Crippen molar-refractivity contribution >= 4 is 6.01 Å². The number of hydrogen-bond acceptors (Lipinski definition) is 6. The predicted octanol–water partition coefficient (Wildman–Crippen LogP) is 1.40. The number of anilines is 1. The molecule has 6 nitrogen and oxygen atoms in total. The first kappa shape index (κ1) is 13.9. The first-order chi connectivity index (χ1) is 8.15. The zero-order valence-electron chi connectivity index (χ0n) is 11.0. The molecule has 17 heavy (non-hydrogen) atoms. The van der Waals surface area contributed by atoms with Crippen LogP contribution >= 0.6 is 0 Å². The van der Waals surface area contributed by atoms with Crippen LogP contribution in [0.25, 0.3) is 0 Å². The summed E-state index contributed by atoms with van der Waals surface area (Å²) in [5.74, 6) is 0.591. The minimum Gasteiger partial charge on any atom is -0.407 e. The molecule has 0 fully saturated rings. The van der Waals surface area contributed by atoms with Gasteiger partial charge in [0.2, 0.25) is 5.89 Å². The molecular weight excluding hydrogens is 220 g/mol. The lowest BCUT2D eigenvalue weighted by molar-refractivity contribution is 0.183. The topological polar surface area (TPSA) is 72.2 Å². The first-order valence-electron chi connectivity index (χ1n) is 5.97. The van der Waals surface area contributed by atoms with Gasteiger partial charge < -0.3 is 19.8 Å². The average Bonchev–Trinajstić information content (AvgIpc) is 2.73. The second-order valence-corrected chi connectivity index (χ2v) is 4.24. The van der Waals surface area contributed by atoms with E-state index in [1.165, 1.54) is 0 Å². The molecule has 6 heteroatoms. The molecule has 0 bridgehead atoms. The number of hydrogen-bond donors (Lipinski definition) is 2.